The molecule has 0 aromatic carbocycles. The Morgan fingerprint density at radius 3 is 2.74 bits per heavy atom. The van der Waals surface area contributed by atoms with Gasteiger partial charge in [-0.1, -0.05) is 19.8 Å². The number of nitrogens with one attached hydrogen (secondary N) is 1. The van der Waals surface area contributed by atoms with E-state index < -0.39 is 0 Å². The number of carbonyl (C=O) groups excluding carboxylic acids is 1. The lowest BCUT2D eigenvalue weighted by Crippen LogP contribution is -2.59. The van der Waals surface area contributed by atoms with Crippen LogP contribution in [0.4, 0.5) is 0 Å². The largest absolute Gasteiger partial charge is 0.378 e. The molecule has 3 atom stereocenters. The van der Waals surface area contributed by atoms with Gasteiger partial charge in [0.15, 0.2) is 0 Å². The van der Waals surface area contributed by atoms with Gasteiger partial charge >= 0.3 is 0 Å². The van der Waals surface area contributed by atoms with Crippen molar-refractivity contribution in [1.29, 1.82) is 0 Å². The van der Waals surface area contributed by atoms with E-state index in [1.165, 1.54) is 19.3 Å². The number of amides is 1. The van der Waals surface area contributed by atoms with Crippen molar-refractivity contribution in [2.24, 2.45) is 11.7 Å². The van der Waals surface area contributed by atoms with Gasteiger partial charge in [0.25, 0.3) is 0 Å². The van der Waals surface area contributed by atoms with E-state index >= 15 is 0 Å². The van der Waals surface area contributed by atoms with Crippen LogP contribution in [0.15, 0.2) is 0 Å². The molecule has 0 spiro atoms. The normalized spacial score (nSPS) is 35.9. The summed E-state index contributed by atoms with van der Waals surface area (Å²) in [5.74, 6) is 0.591. The van der Waals surface area contributed by atoms with Gasteiger partial charge in [-0.2, -0.15) is 0 Å². The Kier molecular flexibility index (Phi) is 5.22. The maximum absolute atomic E-state index is 12.2. The van der Waals surface area contributed by atoms with E-state index in [0.717, 1.165) is 32.3 Å². The van der Waals surface area contributed by atoms with Crippen molar-refractivity contribution >= 4 is 5.91 Å². The monoisotopic (exact) mass is 268 g/mol. The third kappa shape index (κ3) is 3.69. The highest BCUT2D eigenvalue weighted by Gasteiger charge is 2.38. The van der Waals surface area contributed by atoms with E-state index in [-0.39, 0.29) is 17.6 Å². The molecule has 2 rings (SSSR count). The van der Waals surface area contributed by atoms with Crippen molar-refractivity contribution < 1.29 is 9.53 Å². The summed E-state index contributed by atoms with van der Waals surface area (Å²) in [6.07, 6.45) is 8.53. The van der Waals surface area contributed by atoms with E-state index in [2.05, 4.69) is 12.2 Å². The van der Waals surface area contributed by atoms with Gasteiger partial charge in [0.05, 0.1) is 18.1 Å². The van der Waals surface area contributed by atoms with Gasteiger partial charge in [-0.3, -0.25) is 4.79 Å². The lowest BCUT2D eigenvalue weighted by atomic mass is 9.73. The van der Waals surface area contributed by atoms with Crippen LogP contribution in [-0.4, -0.2) is 30.7 Å². The quantitative estimate of drug-likeness (QED) is 0.819. The summed E-state index contributed by atoms with van der Waals surface area (Å²) in [7, 11) is 0. The summed E-state index contributed by atoms with van der Waals surface area (Å²) < 4.78 is 5.64. The molecular formula is C15H28N2O2. The lowest BCUT2D eigenvalue weighted by Gasteiger charge is -2.43. The zero-order valence-corrected chi connectivity index (χ0v) is 12.1. The summed E-state index contributed by atoms with van der Waals surface area (Å²) in [6.45, 7) is 3.56. The van der Waals surface area contributed by atoms with Crippen molar-refractivity contribution in [3.8, 4) is 0 Å². The summed E-state index contributed by atoms with van der Waals surface area (Å²) in [6, 6.07) is 0. The SMILES string of the molecule is CC1CCCCC1(CN)NC(=O)CC1CCCCO1. The molecule has 0 radical (unpaired) electrons. The molecule has 1 aliphatic carbocycles. The Morgan fingerprint density at radius 2 is 2.11 bits per heavy atom. The molecule has 0 bridgehead atoms. The standard InChI is InChI=1S/C15H28N2O2/c1-12-6-2-4-8-15(12,11-16)17-14(18)10-13-7-3-5-9-19-13/h12-13H,2-11,16H2,1H3,(H,17,18). The van der Waals surface area contributed by atoms with Gasteiger partial charge < -0.3 is 15.8 Å². The number of hydrogen-bond acceptors (Lipinski definition) is 3. The van der Waals surface area contributed by atoms with Crippen LogP contribution in [0.2, 0.25) is 0 Å². The zero-order chi connectivity index (χ0) is 13.7. The maximum Gasteiger partial charge on any atom is 0.223 e. The molecular weight excluding hydrogens is 240 g/mol. The summed E-state index contributed by atoms with van der Waals surface area (Å²) in [4.78, 5) is 12.2. The van der Waals surface area contributed by atoms with Gasteiger partial charge in [-0.15, -0.1) is 0 Å². The van der Waals surface area contributed by atoms with E-state index in [0.29, 0.717) is 18.9 Å². The molecule has 110 valence electrons. The molecule has 4 heteroatoms. The van der Waals surface area contributed by atoms with Crippen molar-refractivity contribution in [1.82, 2.24) is 5.32 Å². The highest BCUT2D eigenvalue weighted by atomic mass is 16.5. The van der Waals surface area contributed by atoms with Gasteiger partial charge in [-0.05, 0) is 38.0 Å². The fraction of sp³-hybridized carbons (Fsp3) is 0.933. The minimum Gasteiger partial charge on any atom is -0.378 e. The van der Waals surface area contributed by atoms with Crippen LogP contribution in [0, 0.1) is 5.92 Å². The highest BCUT2D eigenvalue weighted by Crippen LogP contribution is 2.33. The van der Waals surface area contributed by atoms with Crippen LogP contribution in [0.5, 0.6) is 0 Å². The Morgan fingerprint density at radius 1 is 1.32 bits per heavy atom. The second kappa shape index (κ2) is 6.71. The van der Waals surface area contributed by atoms with Gasteiger partial charge in [0.1, 0.15) is 0 Å². The molecule has 1 saturated carbocycles. The molecule has 4 nitrogen and oxygen atoms in total. The minimum atomic E-state index is -0.177. The summed E-state index contributed by atoms with van der Waals surface area (Å²) in [5.41, 5.74) is 5.79. The number of ether oxygens (including phenoxy) is 1. The number of nitrogens with two attached hydrogens (primary N) is 1. The van der Waals surface area contributed by atoms with Crippen molar-refractivity contribution in [3.05, 3.63) is 0 Å². The van der Waals surface area contributed by atoms with E-state index in [1.807, 2.05) is 0 Å². The van der Waals surface area contributed by atoms with Crippen LogP contribution in [0.25, 0.3) is 0 Å². The minimum absolute atomic E-state index is 0.113. The first-order chi connectivity index (χ1) is 9.16. The molecule has 1 aliphatic heterocycles. The Hall–Kier alpha value is -0.610. The molecule has 3 N–H and O–H groups in total. The molecule has 3 unspecified atom stereocenters. The van der Waals surface area contributed by atoms with Crippen LogP contribution >= 0.6 is 0 Å². The molecule has 1 amide bonds. The first-order valence-corrected chi connectivity index (χ1v) is 7.79. The average Bonchev–Trinajstić information content (AvgIpc) is 2.42. The second-order valence-electron chi connectivity index (χ2n) is 6.25. The molecule has 2 aliphatic rings. The maximum atomic E-state index is 12.2. The highest BCUT2D eigenvalue weighted by molar-refractivity contribution is 5.77. The number of hydrogen-bond donors (Lipinski definition) is 2. The van der Waals surface area contributed by atoms with Crippen LogP contribution < -0.4 is 11.1 Å². The summed E-state index contributed by atoms with van der Waals surface area (Å²) >= 11 is 0. The molecule has 2 fully saturated rings. The van der Waals surface area contributed by atoms with Crippen molar-refractivity contribution in [2.45, 2.75) is 69.9 Å². The predicted molar refractivity (Wildman–Crippen MR) is 75.8 cm³/mol. The van der Waals surface area contributed by atoms with Crippen LogP contribution in [0.3, 0.4) is 0 Å². The van der Waals surface area contributed by atoms with E-state index in [1.54, 1.807) is 0 Å². The van der Waals surface area contributed by atoms with Crippen molar-refractivity contribution in [3.63, 3.8) is 0 Å². The average molecular weight is 268 g/mol. The first kappa shape index (κ1) is 14.8. The predicted octanol–water partition coefficient (Wildman–Crippen LogP) is 1.97. The fourth-order valence-corrected chi connectivity index (χ4v) is 3.46. The zero-order valence-electron chi connectivity index (χ0n) is 12.1. The van der Waals surface area contributed by atoms with E-state index in [9.17, 15) is 4.79 Å². The molecule has 1 heterocycles. The van der Waals surface area contributed by atoms with Gasteiger partial charge in [-0.25, -0.2) is 0 Å². The van der Waals surface area contributed by atoms with Gasteiger partial charge in [0, 0.05) is 13.2 Å². The molecule has 1 saturated heterocycles. The van der Waals surface area contributed by atoms with Gasteiger partial charge in [0.2, 0.25) is 5.91 Å². The third-order valence-corrected chi connectivity index (χ3v) is 4.89. The number of rotatable bonds is 4. The Bertz CT molecular complexity index is 303. The third-order valence-electron chi connectivity index (χ3n) is 4.89. The first-order valence-electron chi connectivity index (χ1n) is 7.79. The molecule has 0 aromatic heterocycles. The molecule has 0 aromatic rings. The van der Waals surface area contributed by atoms with E-state index in [4.69, 9.17) is 10.5 Å². The topological polar surface area (TPSA) is 64.3 Å². The summed E-state index contributed by atoms with van der Waals surface area (Å²) in [5, 5.41) is 3.24. The Labute approximate surface area is 116 Å². The number of carbonyl (C=O) groups is 1. The fourth-order valence-electron chi connectivity index (χ4n) is 3.46. The molecule has 19 heavy (non-hydrogen) atoms. The van der Waals surface area contributed by atoms with Crippen molar-refractivity contribution in [2.75, 3.05) is 13.2 Å². The lowest BCUT2D eigenvalue weighted by molar-refractivity contribution is -0.127. The van der Waals surface area contributed by atoms with Crippen LogP contribution in [-0.2, 0) is 9.53 Å². The van der Waals surface area contributed by atoms with Crippen LogP contribution in [0.1, 0.15) is 58.3 Å². The second-order valence-corrected chi connectivity index (χ2v) is 6.25. The smallest absolute Gasteiger partial charge is 0.223 e. The Balaban J connectivity index is 1.88.